The molecule has 8 nitrogen and oxygen atoms in total. The van der Waals surface area contributed by atoms with Crippen LogP contribution in [0.1, 0.15) is 43.0 Å². The van der Waals surface area contributed by atoms with E-state index < -0.39 is 20.2 Å². The van der Waals surface area contributed by atoms with Crippen molar-refractivity contribution in [3.8, 4) is 11.4 Å². The Labute approximate surface area is 301 Å². The Hall–Kier alpha value is -2.86. The molecule has 0 unspecified atom stereocenters. The summed E-state index contributed by atoms with van der Waals surface area (Å²) in [4.78, 5) is 7.43. The van der Waals surface area contributed by atoms with Crippen LogP contribution >= 0.6 is 45.2 Å². The number of halogens is 4. The molecule has 0 saturated carbocycles. The van der Waals surface area contributed by atoms with E-state index in [1.54, 1.807) is 16.8 Å². The average Bonchev–Trinajstić information content (AvgIpc) is 3.55. The van der Waals surface area contributed by atoms with Gasteiger partial charge in [0.25, 0.3) is 0 Å². The highest BCUT2D eigenvalue weighted by atomic mass is 127. The first-order chi connectivity index (χ1) is 22.1. The van der Waals surface area contributed by atoms with Crippen molar-refractivity contribution >= 4 is 75.3 Å². The van der Waals surface area contributed by atoms with Crippen molar-refractivity contribution in [3.05, 3.63) is 102 Å². The average molecular weight is 881 g/mol. The molecule has 0 aliphatic rings. The van der Waals surface area contributed by atoms with E-state index in [9.17, 15) is 13.9 Å². The van der Waals surface area contributed by atoms with Gasteiger partial charge in [-0.25, -0.2) is 19.3 Å². The van der Waals surface area contributed by atoms with Gasteiger partial charge in [0, 0.05) is 10.8 Å². The number of aromatic nitrogens is 6. The summed E-state index contributed by atoms with van der Waals surface area (Å²) in [6, 6.07) is 14.1. The second-order valence-electron chi connectivity index (χ2n) is 12.8. The first kappa shape index (κ1) is 35.4. The van der Waals surface area contributed by atoms with Crippen molar-refractivity contribution in [2.45, 2.75) is 66.0 Å². The summed E-state index contributed by atoms with van der Waals surface area (Å²) in [7, 11) is -1.83. The van der Waals surface area contributed by atoms with Crippen LogP contribution in [0.15, 0.2) is 60.9 Å². The van der Waals surface area contributed by atoms with Crippen LogP contribution in [0.3, 0.4) is 0 Å². The Morgan fingerprint density at radius 2 is 1.19 bits per heavy atom. The predicted molar refractivity (Wildman–Crippen MR) is 200 cm³/mol. The third-order valence-corrected chi connectivity index (χ3v) is 14.9. The summed E-state index contributed by atoms with van der Waals surface area (Å²) in [6.45, 7) is 15.9. The highest BCUT2D eigenvalue weighted by Crippen LogP contribution is 2.38. The molecule has 1 N–H and O–H groups in total. The van der Waals surface area contributed by atoms with Crippen molar-refractivity contribution < 1.29 is 18.3 Å². The number of hydrogen-bond donors (Lipinski definition) is 1. The van der Waals surface area contributed by atoms with Crippen molar-refractivity contribution in [1.29, 1.82) is 0 Å². The Morgan fingerprint density at radius 3 is 1.60 bits per heavy atom. The fourth-order valence-corrected chi connectivity index (χ4v) is 7.16. The van der Waals surface area contributed by atoms with Crippen LogP contribution in [0.4, 0.5) is 8.78 Å². The number of benzene rings is 2. The molecule has 0 bridgehead atoms. The Balaban J connectivity index is 0.000000193. The number of rotatable bonds is 6. The number of pyridine rings is 2. The van der Waals surface area contributed by atoms with Crippen LogP contribution in [0, 0.1) is 33.1 Å². The summed E-state index contributed by atoms with van der Waals surface area (Å²) in [5.74, 6) is -1.02. The maximum absolute atomic E-state index is 13.2. The van der Waals surface area contributed by atoms with Gasteiger partial charge in [-0.1, -0.05) is 32.9 Å². The van der Waals surface area contributed by atoms with Crippen LogP contribution in [0.5, 0.6) is 0 Å². The molecule has 6 aromatic rings. The summed E-state index contributed by atoms with van der Waals surface area (Å²) >= 11 is 4.40. The zero-order valence-corrected chi connectivity index (χ0v) is 32.6. The summed E-state index contributed by atoms with van der Waals surface area (Å²) < 4.78 is 37.9. The lowest BCUT2D eigenvalue weighted by molar-refractivity contribution is 0.276. The smallest absolute Gasteiger partial charge is 0.212 e. The molecule has 0 aliphatic heterocycles. The molecular formula is C34H36F2I2N6O2Si. The summed E-state index contributed by atoms with van der Waals surface area (Å²) in [5, 5.41) is 20.8. The molecule has 0 fully saturated rings. The molecular weight excluding hydrogens is 844 g/mol. The quantitative estimate of drug-likeness (QED) is 0.102. The van der Waals surface area contributed by atoms with Gasteiger partial charge >= 0.3 is 0 Å². The van der Waals surface area contributed by atoms with E-state index in [4.69, 9.17) is 4.43 Å². The fourth-order valence-electron chi connectivity index (χ4n) is 4.91. The lowest BCUT2D eigenvalue weighted by Gasteiger charge is -2.36. The molecule has 0 spiro atoms. The van der Waals surface area contributed by atoms with Crippen molar-refractivity contribution in [3.63, 3.8) is 0 Å². The molecule has 0 amide bonds. The monoisotopic (exact) mass is 880 g/mol. The SMILES string of the molecule is Cc1c(CO)ccc2c(I)nn(-c3ccc(F)nc3)c12.Cc1c(CO[Si](C)(C)C(C)(C)C)ccc2c(I)nn(-c3ccc(F)nc3)c12. The van der Waals surface area contributed by atoms with Gasteiger partial charge in [0.05, 0.1) is 48.0 Å². The third-order valence-electron chi connectivity index (χ3n) is 8.81. The zero-order chi connectivity index (χ0) is 34.3. The van der Waals surface area contributed by atoms with E-state index in [1.807, 2.05) is 23.7 Å². The Kier molecular flexibility index (Phi) is 10.5. The fraction of sp³-hybridized carbons (Fsp3) is 0.294. The first-order valence-corrected chi connectivity index (χ1v) is 20.0. The van der Waals surface area contributed by atoms with E-state index in [1.165, 1.54) is 24.5 Å². The molecule has 6 rings (SSSR count). The number of aliphatic hydroxyl groups excluding tert-OH is 1. The number of nitrogens with zero attached hydrogens (tertiary/aromatic N) is 6. The summed E-state index contributed by atoms with van der Waals surface area (Å²) in [6.07, 6.45) is 2.96. The normalized spacial score (nSPS) is 12.1. The largest absolute Gasteiger partial charge is 0.413 e. The van der Waals surface area contributed by atoms with Gasteiger partial charge in [-0.15, -0.1) is 0 Å². The Morgan fingerprint density at radius 1 is 0.745 bits per heavy atom. The summed E-state index contributed by atoms with van der Waals surface area (Å²) in [5.41, 5.74) is 7.46. The predicted octanol–water partition coefficient (Wildman–Crippen LogP) is 8.96. The first-order valence-electron chi connectivity index (χ1n) is 14.9. The molecule has 2 aromatic carbocycles. The second-order valence-corrected chi connectivity index (χ2v) is 19.6. The topological polar surface area (TPSA) is 90.9 Å². The highest BCUT2D eigenvalue weighted by Gasteiger charge is 2.37. The molecule has 47 heavy (non-hydrogen) atoms. The van der Waals surface area contributed by atoms with Gasteiger partial charge in [0.1, 0.15) is 7.40 Å². The zero-order valence-electron chi connectivity index (χ0n) is 27.2. The van der Waals surface area contributed by atoms with E-state index >= 15 is 0 Å². The Bertz CT molecular complexity index is 2060. The lowest BCUT2D eigenvalue weighted by Crippen LogP contribution is -2.40. The lowest BCUT2D eigenvalue weighted by atomic mass is 10.1. The van der Waals surface area contributed by atoms with Crippen molar-refractivity contribution in [2.24, 2.45) is 0 Å². The minimum Gasteiger partial charge on any atom is -0.413 e. The number of aliphatic hydroxyl groups is 1. The van der Waals surface area contributed by atoms with Crippen LogP contribution in [-0.4, -0.2) is 43.0 Å². The van der Waals surface area contributed by atoms with Crippen LogP contribution in [0.2, 0.25) is 18.1 Å². The molecule has 246 valence electrons. The minimum atomic E-state index is -1.83. The molecule has 13 heteroatoms. The van der Waals surface area contributed by atoms with Gasteiger partial charge in [-0.05, 0) is 136 Å². The maximum Gasteiger partial charge on any atom is 0.212 e. The van der Waals surface area contributed by atoms with Gasteiger partial charge in [-0.3, -0.25) is 0 Å². The van der Waals surface area contributed by atoms with E-state index in [2.05, 4.69) is 118 Å². The van der Waals surface area contributed by atoms with Crippen LogP contribution in [0.25, 0.3) is 33.2 Å². The second kappa shape index (κ2) is 13.9. The van der Waals surface area contributed by atoms with Gasteiger partial charge in [-0.2, -0.15) is 19.0 Å². The van der Waals surface area contributed by atoms with Gasteiger partial charge < -0.3 is 9.53 Å². The molecule has 0 atom stereocenters. The van der Waals surface area contributed by atoms with Crippen molar-refractivity contribution in [1.82, 2.24) is 29.5 Å². The maximum atomic E-state index is 13.2. The van der Waals surface area contributed by atoms with Gasteiger partial charge in [0.15, 0.2) is 8.32 Å². The molecule has 0 radical (unpaired) electrons. The third kappa shape index (κ3) is 7.28. The van der Waals surface area contributed by atoms with E-state index in [0.717, 1.165) is 57.1 Å². The molecule has 4 aromatic heterocycles. The minimum absolute atomic E-state index is 0.0226. The standard InChI is InChI=1S/C20H25FIN3OSi.C14H11FIN3O/c1-13-14(12-26-27(5,6)20(2,3)4)7-9-16-18(13)25(24-19(16)22)15-8-10-17(21)23-11-15;1-8-9(7-20)2-4-11-13(8)19(18-14(11)16)10-3-5-12(15)17-6-10/h7-11H,12H2,1-6H3;2-6,20H,7H2,1H3. The number of aryl methyl sites for hydroxylation is 2. The van der Waals surface area contributed by atoms with Crippen LogP contribution in [-0.2, 0) is 17.6 Å². The number of hydrogen-bond acceptors (Lipinski definition) is 6. The van der Waals surface area contributed by atoms with Gasteiger partial charge in [0.2, 0.25) is 11.9 Å². The molecule has 0 aliphatic carbocycles. The molecule has 0 saturated heterocycles. The van der Waals surface area contributed by atoms with E-state index in [-0.39, 0.29) is 11.6 Å². The number of fused-ring (bicyclic) bond motifs is 2. The van der Waals surface area contributed by atoms with Crippen molar-refractivity contribution in [2.75, 3.05) is 0 Å². The molecule has 4 heterocycles. The van der Waals surface area contributed by atoms with Crippen LogP contribution < -0.4 is 0 Å². The van der Waals surface area contributed by atoms with E-state index in [0.29, 0.717) is 12.3 Å². The highest BCUT2D eigenvalue weighted by molar-refractivity contribution is 14.1.